The zero-order chi connectivity index (χ0) is 9.97. The summed E-state index contributed by atoms with van der Waals surface area (Å²) >= 11 is 0. The van der Waals surface area contributed by atoms with Gasteiger partial charge >= 0.3 is 0 Å². The third-order valence-corrected chi connectivity index (χ3v) is 2.71. The number of fused-ring (bicyclic) bond motifs is 1. The van der Waals surface area contributed by atoms with Gasteiger partial charge in [-0.25, -0.2) is 0 Å². The highest BCUT2D eigenvalue weighted by atomic mass is 16.5. The zero-order valence-corrected chi connectivity index (χ0v) is 8.44. The van der Waals surface area contributed by atoms with Crippen molar-refractivity contribution in [3.8, 4) is 5.75 Å². The number of rotatable bonds is 3. The van der Waals surface area contributed by atoms with E-state index in [4.69, 9.17) is 4.74 Å². The number of para-hydroxylation sites is 1. The molecule has 0 saturated carbocycles. The number of hydrogen-bond acceptors (Lipinski definition) is 2. The first-order valence-electron chi connectivity index (χ1n) is 5.26. The highest BCUT2D eigenvalue weighted by Crippen LogP contribution is 2.37. The van der Waals surface area contributed by atoms with Crippen LogP contribution in [0.1, 0.15) is 37.9 Å². The lowest BCUT2D eigenvalue weighted by atomic mass is 10.0. The average Bonchev–Trinajstić information content (AvgIpc) is 2.54. The molecule has 2 unspecified atom stereocenters. The Kier molecular flexibility index (Phi) is 2.73. The minimum absolute atomic E-state index is 0.0349. The van der Waals surface area contributed by atoms with Crippen LogP contribution in [0.4, 0.5) is 0 Å². The van der Waals surface area contributed by atoms with Gasteiger partial charge in [0.2, 0.25) is 0 Å². The van der Waals surface area contributed by atoms with Crippen LogP contribution in [0, 0.1) is 0 Å². The monoisotopic (exact) mass is 192 g/mol. The summed E-state index contributed by atoms with van der Waals surface area (Å²) < 4.78 is 5.67. The van der Waals surface area contributed by atoms with Gasteiger partial charge in [0.1, 0.15) is 18.0 Å². The molecule has 76 valence electrons. The second kappa shape index (κ2) is 4.01. The van der Waals surface area contributed by atoms with Crippen LogP contribution < -0.4 is 4.74 Å². The molecule has 2 heteroatoms. The van der Waals surface area contributed by atoms with Crippen molar-refractivity contribution >= 4 is 0 Å². The normalized spacial score (nSPS) is 24.4. The summed E-state index contributed by atoms with van der Waals surface area (Å²) in [6.07, 6.45) is 2.72. The van der Waals surface area contributed by atoms with Gasteiger partial charge in [0, 0.05) is 5.56 Å². The molecular weight excluding hydrogens is 176 g/mol. The SMILES string of the molecule is CCCCC1Oc2ccccc2C1O. The Morgan fingerprint density at radius 2 is 2.14 bits per heavy atom. The first kappa shape index (κ1) is 9.53. The third kappa shape index (κ3) is 1.62. The second-order valence-corrected chi connectivity index (χ2v) is 3.78. The lowest BCUT2D eigenvalue weighted by Crippen LogP contribution is -2.18. The third-order valence-electron chi connectivity index (χ3n) is 2.71. The molecule has 1 aromatic carbocycles. The minimum atomic E-state index is -0.433. The van der Waals surface area contributed by atoms with Crippen LogP contribution >= 0.6 is 0 Å². The van der Waals surface area contributed by atoms with Gasteiger partial charge in [0.05, 0.1) is 0 Å². The van der Waals surface area contributed by atoms with E-state index >= 15 is 0 Å². The van der Waals surface area contributed by atoms with E-state index in [-0.39, 0.29) is 6.10 Å². The van der Waals surface area contributed by atoms with Crippen molar-refractivity contribution in [1.82, 2.24) is 0 Å². The first-order valence-corrected chi connectivity index (χ1v) is 5.26. The minimum Gasteiger partial charge on any atom is -0.487 e. The predicted octanol–water partition coefficient (Wildman–Crippen LogP) is 2.67. The van der Waals surface area contributed by atoms with Crippen LogP contribution in [-0.2, 0) is 0 Å². The summed E-state index contributed by atoms with van der Waals surface area (Å²) in [5.41, 5.74) is 0.939. The number of hydrogen-bond donors (Lipinski definition) is 1. The number of aliphatic hydroxyl groups is 1. The van der Waals surface area contributed by atoms with Crippen LogP contribution in [0.15, 0.2) is 24.3 Å². The molecule has 0 aliphatic carbocycles. The van der Waals surface area contributed by atoms with Crippen LogP contribution in [0.5, 0.6) is 5.75 Å². The molecule has 0 bridgehead atoms. The Morgan fingerprint density at radius 3 is 2.86 bits per heavy atom. The quantitative estimate of drug-likeness (QED) is 0.797. The van der Waals surface area contributed by atoms with Crippen molar-refractivity contribution in [2.75, 3.05) is 0 Å². The van der Waals surface area contributed by atoms with Gasteiger partial charge in [-0.3, -0.25) is 0 Å². The second-order valence-electron chi connectivity index (χ2n) is 3.78. The number of ether oxygens (including phenoxy) is 1. The van der Waals surface area contributed by atoms with E-state index in [1.165, 1.54) is 0 Å². The molecule has 0 amide bonds. The molecule has 0 saturated heterocycles. The molecule has 1 aliphatic rings. The van der Waals surface area contributed by atoms with Crippen molar-refractivity contribution in [2.24, 2.45) is 0 Å². The van der Waals surface area contributed by atoms with E-state index in [1.807, 2.05) is 24.3 Å². The van der Waals surface area contributed by atoms with Gasteiger partial charge < -0.3 is 9.84 Å². The molecule has 1 N–H and O–H groups in total. The van der Waals surface area contributed by atoms with Crippen molar-refractivity contribution in [2.45, 2.75) is 38.4 Å². The summed E-state index contributed by atoms with van der Waals surface area (Å²) in [4.78, 5) is 0. The Hall–Kier alpha value is -1.02. The Bertz CT molecular complexity index is 309. The molecule has 1 heterocycles. The molecule has 0 fully saturated rings. The number of unbranched alkanes of at least 4 members (excludes halogenated alkanes) is 1. The molecule has 0 aromatic heterocycles. The molecular formula is C12H16O2. The Balaban J connectivity index is 2.09. The van der Waals surface area contributed by atoms with E-state index in [1.54, 1.807) is 0 Å². The molecule has 2 nitrogen and oxygen atoms in total. The van der Waals surface area contributed by atoms with E-state index < -0.39 is 6.10 Å². The molecule has 0 radical (unpaired) electrons. The highest BCUT2D eigenvalue weighted by molar-refractivity contribution is 5.39. The van der Waals surface area contributed by atoms with E-state index in [2.05, 4.69) is 6.92 Å². The van der Waals surface area contributed by atoms with E-state index in [0.717, 1.165) is 30.6 Å². The number of benzene rings is 1. The topological polar surface area (TPSA) is 29.5 Å². The molecule has 14 heavy (non-hydrogen) atoms. The molecule has 2 atom stereocenters. The van der Waals surface area contributed by atoms with Gasteiger partial charge in [0.25, 0.3) is 0 Å². The fourth-order valence-corrected chi connectivity index (χ4v) is 1.88. The van der Waals surface area contributed by atoms with E-state index in [0.29, 0.717) is 0 Å². The van der Waals surface area contributed by atoms with Crippen molar-refractivity contribution < 1.29 is 9.84 Å². The summed E-state index contributed by atoms with van der Waals surface area (Å²) in [7, 11) is 0. The average molecular weight is 192 g/mol. The highest BCUT2D eigenvalue weighted by Gasteiger charge is 2.31. The van der Waals surface area contributed by atoms with Gasteiger partial charge in [-0.05, 0) is 18.9 Å². The number of aliphatic hydroxyl groups excluding tert-OH is 1. The first-order chi connectivity index (χ1) is 6.83. The molecule has 1 aliphatic heterocycles. The summed E-state index contributed by atoms with van der Waals surface area (Å²) in [5.74, 6) is 0.848. The van der Waals surface area contributed by atoms with Crippen LogP contribution in [0.2, 0.25) is 0 Å². The van der Waals surface area contributed by atoms with E-state index in [9.17, 15) is 5.11 Å². The zero-order valence-electron chi connectivity index (χ0n) is 8.44. The molecule has 0 spiro atoms. The summed E-state index contributed by atoms with van der Waals surface area (Å²) in [6, 6.07) is 7.73. The summed E-state index contributed by atoms with van der Waals surface area (Å²) in [6.45, 7) is 2.15. The Labute approximate surface area is 84.5 Å². The largest absolute Gasteiger partial charge is 0.487 e. The summed E-state index contributed by atoms with van der Waals surface area (Å²) in [5, 5.41) is 9.94. The fourth-order valence-electron chi connectivity index (χ4n) is 1.88. The maximum absolute atomic E-state index is 9.94. The van der Waals surface area contributed by atoms with Crippen molar-refractivity contribution in [1.29, 1.82) is 0 Å². The fraction of sp³-hybridized carbons (Fsp3) is 0.500. The van der Waals surface area contributed by atoms with Crippen LogP contribution in [-0.4, -0.2) is 11.2 Å². The molecule has 2 rings (SSSR count). The lowest BCUT2D eigenvalue weighted by Gasteiger charge is -2.13. The molecule has 1 aromatic rings. The maximum atomic E-state index is 9.94. The maximum Gasteiger partial charge on any atom is 0.129 e. The Morgan fingerprint density at radius 1 is 1.36 bits per heavy atom. The lowest BCUT2D eigenvalue weighted by molar-refractivity contribution is 0.0607. The van der Waals surface area contributed by atoms with Gasteiger partial charge in [-0.1, -0.05) is 31.5 Å². The van der Waals surface area contributed by atoms with Crippen molar-refractivity contribution in [3.63, 3.8) is 0 Å². The standard InChI is InChI=1S/C12H16O2/c1-2-3-7-11-12(13)9-6-4-5-8-10(9)14-11/h4-6,8,11-13H,2-3,7H2,1H3. The van der Waals surface area contributed by atoms with Gasteiger partial charge in [-0.2, -0.15) is 0 Å². The smallest absolute Gasteiger partial charge is 0.129 e. The van der Waals surface area contributed by atoms with Crippen LogP contribution in [0.25, 0.3) is 0 Å². The van der Waals surface area contributed by atoms with Gasteiger partial charge in [-0.15, -0.1) is 0 Å². The van der Waals surface area contributed by atoms with Gasteiger partial charge in [0.15, 0.2) is 0 Å². The predicted molar refractivity (Wildman–Crippen MR) is 55.3 cm³/mol. The van der Waals surface area contributed by atoms with Crippen molar-refractivity contribution in [3.05, 3.63) is 29.8 Å². The van der Waals surface area contributed by atoms with Crippen LogP contribution in [0.3, 0.4) is 0 Å².